The van der Waals surface area contributed by atoms with Crippen molar-refractivity contribution in [2.24, 2.45) is 0 Å². The molecule has 3 heterocycles. The van der Waals surface area contributed by atoms with Gasteiger partial charge in [-0.15, -0.1) is 10.2 Å². The van der Waals surface area contributed by atoms with E-state index >= 15 is 0 Å². The van der Waals surface area contributed by atoms with Crippen molar-refractivity contribution in [3.8, 4) is 17.0 Å². The molecule has 1 aromatic carbocycles. The van der Waals surface area contributed by atoms with Gasteiger partial charge in [-0.2, -0.15) is 13.2 Å². The number of likely N-dealkylation sites (tertiary alicyclic amines) is 1. The number of benzene rings is 1. The lowest BCUT2D eigenvalue weighted by atomic mass is 10.0. The van der Waals surface area contributed by atoms with Crippen LogP contribution in [0.4, 0.5) is 19.0 Å². The van der Waals surface area contributed by atoms with Gasteiger partial charge in [0.15, 0.2) is 5.82 Å². The minimum Gasteiger partial charge on any atom is -0.507 e. The zero-order chi connectivity index (χ0) is 21.5. The molecular weight excluding hydrogens is 399 g/mol. The summed E-state index contributed by atoms with van der Waals surface area (Å²) in [7, 11) is 1.73. The molecule has 1 aliphatic heterocycles. The molecule has 30 heavy (non-hydrogen) atoms. The normalized spacial score (nSPS) is 17.4. The maximum Gasteiger partial charge on any atom is 0.416 e. The number of aromatic hydroxyl groups is 1. The number of nitrogens with one attached hydrogen (secondary N) is 1. The first-order chi connectivity index (χ1) is 14.3. The van der Waals surface area contributed by atoms with Gasteiger partial charge < -0.3 is 15.3 Å². The van der Waals surface area contributed by atoms with Crippen molar-refractivity contribution < 1.29 is 23.1 Å². The number of phenols is 1. The molecule has 156 valence electrons. The first-order valence-corrected chi connectivity index (χ1v) is 9.28. The number of amides is 1. The highest BCUT2D eigenvalue weighted by Crippen LogP contribution is 2.38. The van der Waals surface area contributed by atoms with E-state index in [0.717, 1.165) is 18.6 Å². The van der Waals surface area contributed by atoms with Crippen molar-refractivity contribution in [2.45, 2.75) is 25.1 Å². The second kappa shape index (κ2) is 7.43. The minimum atomic E-state index is -4.57. The highest BCUT2D eigenvalue weighted by molar-refractivity contribution is 6.01. The van der Waals surface area contributed by atoms with Crippen LogP contribution >= 0.6 is 0 Å². The fourth-order valence-electron chi connectivity index (χ4n) is 3.54. The number of rotatable bonds is 3. The molecule has 1 atom stereocenters. The summed E-state index contributed by atoms with van der Waals surface area (Å²) in [5.41, 5.74) is -0.621. The van der Waals surface area contributed by atoms with Crippen LogP contribution in [0.3, 0.4) is 0 Å². The number of hydrogen-bond donors (Lipinski definition) is 2. The average molecular weight is 417 g/mol. The van der Waals surface area contributed by atoms with Crippen LogP contribution in [-0.2, 0) is 11.0 Å². The number of nitrogens with zero attached hydrogens (tertiary/aromatic N) is 4. The fourth-order valence-corrected chi connectivity index (χ4v) is 3.54. The fraction of sp³-hybridized carbons (Fsp3) is 0.300. The Morgan fingerprint density at radius 1 is 1.20 bits per heavy atom. The summed E-state index contributed by atoms with van der Waals surface area (Å²) in [6, 6.07) is 3.89. The Morgan fingerprint density at radius 2 is 2.00 bits per heavy atom. The molecule has 0 spiro atoms. The number of carbonyl (C=O) groups is 1. The maximum absolute atomic E-state index is 12.9. The SMILES string of the molecule is CN1CCCC(Nc2nnc(-c3ccc(C(F)(F)F)cc3O)c3ccncc23)C1=O. The third-order valence-corrected chi connectivity index (χ3v) is 5.13. The molecule has 0 bridgehead atoms. The van der Waals surface area contributed by atoms with Crippen LogP contribution in [0.5, 0.6) is 5.75 Å². The summed E-state index contributed by atoms with van der Waals surface area (Å²) in [5.74, 6) is -0.256. The molecule has 2 N–H and O–H groups in total. The van der Waals surface area contributed by atoms with Gasteiger partial charge in [-0.25, -0.2) is 0 Å². The first kappa shape index (κ1) is 19.9. The number of anilines is 1. The van der Waals surface area contributed by atoms with Gasteiger partial charge in [0, 0.05) is 42.3 Å². The number of likely N-dealkylation sites (N-methyl/N-ethyl adjacent to an activating group) is 1. The van der Waals surface area contributed by atoms with Gasteiger partial charge in [-0.3, -0.25) is 9.78 Å². The van der Waals surface area contributed by atoms with Crippen molar-refractivity contribution in [3.05, 3.63) is 42.2 Å². The van der Waals surface area contributed by atoms with Crippen LogP contribution in [0.1, 0.15) is 18.4 Å². The Bertz CT molecular complexity index is 1120. The van der Waals surface area contributed by atoms with Crippen LogP contribution < -0.4 is 5.32 Å². The number of carbonyl (C=O) groups excluding carboxylic acids is 1. The average Bonchev–Trinajstić information content (AvgIpc) is 2.71. The van der Waals surface area contributed by atoms with Crippen molar-refractivity contribution >= 4 is 22.5 Å². The Morgan fingerprint density at radius 3 is 2.73 bits per heavy atom. The molecule has 4 rings (SSSR count). The molecule has 1 unspecified atom stereocenters. The lowest BCUT2D eigenvalue weighted by Crippen LogP contribution is -2.45. The van der Waals surface area contributed by atoms with Crippen LogP contribution in [0.25, 0.3) is 22.0 Å². The predicted octanol–water partition coefficient (Wildman–Crippen LogP) is 3.45. The zero-order valence-corrected chi connectivity index (χ0v) is 15.9. The second-order valence-corrected chi connectivity index (χ2v) is 7.15. The monoisotopic (exact) mass is 417 g/mol. The molecule has 2 aromatic heterocycles. The number of piperidine rings is 1. The number of fused-ring (bicyclic) bond motifs is 1. The maximum atomic E-state index is 12.9. The highest BCUT2D eigenvalue weighted by Gasteiger charge is 2.32. The number of alkyl halides is 3. The summed E-state index contributed by atoms with van der Waals surface area (Å²) < 4.78 is 38.7. The molecule has 0 radical (unpaired) electrons. The van der Waals surface area contributed by atoms with Crippen molar-refractivity contribution in [1.82, 2.24) is 20.1 Å². The van der Waals surface area contributed by atoms with Crippen molar-refractivity contribution in [2.75, 3.05) is 18.9 Å². The molecule has 1 aliphatic rings. The molecule has 1 amide bonds. The van der Waals surface area contributed by atoms with E-state index < -0.39 is 23.5 Å². The van der Waals surface area contributed by atoms with Gasteiger partial charge in [-0.1, -0.05) is 0 Å². The molecule has 0 aliphatic carbocycles. The zero-order valence-electron chi connectivity index (χ0n) is 15.9. The third kappa shape index (κ3) is 3.60. The quantitative estimate of drug-likeness (QED) is 0.678. The van der Waals surface area contributed by atoms with E-state index in [1.807, 2.05) is 0 Å². The van der Waals surface area contributed by atoms with Gasteiger partial charge in [0.25, 0.3) is 0 Å². The lowest BCUT2D eigenvalue weighted by Gasteiger charge is -2.30. The molecule has 1 saturated heterocycles. The smallest absolute Gasteiger partial charge is 0.416 e. The minimum absolute atomic E-state index is 0.0513. The first-order valence-electron chi connectivity index (χ1n) is 9.28. The topological polar surface area (TPSA) is 91.2 Å². The number of aromatic nitrogens is 3. The molecule has 0 saturated carbocycles. The molecular formula is C20H18F3N5O2. The van der Waals surface area contributed by atoms with Gasteiger partial charge in [0.05, 0.1) is 5.56 Å². The van der Waals surface area contributed by atoms with Crippen LogP contribution in [0, 0.1) is 0 Å². The number of phenolic OH excluding ortho intramolecular Hbond substituents is 1. The predicted molar refractivity (Wildman–Crippen MR) is 104 cm³/mol. The Kier molecular flexibility index (Phi) is 4.92. The van der Waals surface area contributed by atoms with Crippen LogP contribution in [-0.4, -0.2) is 50.7 Å². The Hall–Kier alpha value is -3.43. The summed E-state index contributed by atoms with van der Waals surface area (Å²) in [5, 5.41) is 22.7. The molecule has 3 aromatic rings. The second-order valence-electron chi connectivity index (χ2n) is 7.15. The van der Waals surface area contributed by atoms with E-state index in [9.17, 15) is 23.1 Å². The molecule has 7 nitrogen and oxygen atoms in total. The van der Waals surface area contributed by atoms with E-state index in [0.29, 0.717) is 35.6 Å². The Balaban J connectivity index is 1.76. The van der Waals surface area contributed by atoms with Gasteiger partial charge in [-0.05, 0) is 37.1 Å². The summed E-state index contributed by atoms with van der Waals surface area (Å²) >= 11 is 0. The number of pyridine rings is 1. The van der Waals surface area contributed by atoms with E-state index in [-0.39, 0.29) is 17.2 Å². The summed E-state index contributed by atoms with van der Waals surface area (Å²) in [6.07, 6.45) is -0.0256. The van der Waals surface area contributed by atoms with E-state index in [1.54, 1.807) is 18.0 Å². The highest BCUT2D eigenvalue weighted by atomic mass is 19.4. The van der Waals surface area contributed by atoms with E-state index in [1.165, 1.54) is 12.4 Å². The lowest BCUT2D eigenvalue weighted by molar-refractivity contribution is -0.137. The largest absolute Gasteiger partial charge is 0.507 e. The van der Waals surface area contributed by atoms with E-state index in [4.69, 9.17) is 0 Å². The van der Waals surface area contributed by atoms with E-state index in [2.05, 4.69) is 20.5 Å². The third-order valence-electron chi connectivity index (χ3n) is 5.13. The van der Waals surface area contributed by atoms with Gasteiger partial charge in [0.2, 0.25) is 5.91 Å². The summed E-state index contributed by atoms with van der Waals surface area (Å²) in [4.78, 5) is 18.1. The Labute approximate surface area is 169 Å². The standard InChI is InChI=1S/C20H18F3N5O2/c1-28-8-2-3-15(19(28)30)25-18-14-10-24-7-6-12(14)17(26-27-18)13-5-4-11(9-16(13)29)20(21,22)23/h4-7,9-10,15,29H,2-3,8H2,1H3,(H,25,27). The van der Waals surface area contributed by atoms with Gasteiger partial charge >= 0.3 is 6.18 Å². The molecule has 10 heteroatoms. The number of halogens is 3. The number of hydrogen-bond acceptors (Lipinski definition) is 6. The summed E-state index contributed by atoms with van der Waals surface area (Å²) in [6.45, 7) is 0.692. The van der Waals surface area contributed by atoms with Gasteiger partial charge in [0.1, 0.15) is 17.5 Å². The van der Waals surface area contributed by atoms with Crippen molar-refractivity contribution in [3.63, 3.8) is 0 Å². The molecule has 1 fully saturated rings. The van der Waals surface area contributed by atoms with Crippen LogP contribution in [0.15, 0.2) is 36.7 Å². The van der Waals surface area contributed by atoms with Crippen molar-refractivity contribution in [1.29, 1.82) is 0 Å². The van der Waals surface area contributed by atoms with Crippen LogP contribution in [0.2, 0.25) is 0 Å².